The Morgan fingerprint density at radius 2 is 2.40 bits per heavy atom. The van der Waals surface area contributed by atoms with E-state index in [-0.39, 0.29) is 5.97 Å². The van der Waals surface area contributed by atoms with Gasteiger partial charge in [0.15, 0.2) is 0 Å². The number of ether oxygens (including phenoxy) is 1. The van der Waals surface area contributed by atoms with Crippen molar-refractivity contribution in [3.8, 4) is 0 Å². The number of hydrogen-bond donors (Lipinski definition) is 0. The number of rotatable bonds is 4. The van der Waals surface area contributed by atoms with Gasteiger partial charge in [0.2, 0.25) is 0 Å². The lowest BCUT2D eigenvalue weighted by molar-refractivity contribution is -0.142. The lowest BCUT2D eigenvalue weighted by atomic mass is 10.3. The average Bonchev–Trinajstić information content (AvgIpc) is 1.89. The molecule has 0 heterocycles. The molecule has 0 N–H and O–H groups in total. The quantitative estimate of drug-likeness (QED) is 0.592. The Balaban J connectivity index is 3.21. The first kappa shape index (κ1) is 9.50. The number of hydrogen-bond acceptors (Lipinski definition) is 2. The topological polar surface area (TPSA) is 26.3 Å². The maximum atomic E-state index is 10.6. The summed E-state index contributed by atoms with van der Waals surface area (Å²) in [7, 11) is 0. The summed E-state index contributed by atoms with van der Waals surface area (Å²) in [6.07, 6.45) is 2.79. The molecule has 0 aliphatic rings. The van der Waals surface area contributed by atoms with Gasteiger partial charge in [0.25, 0.3) is 0 Å². The first-order chi connectivity index (χ1) is 4.81. The highest BCUT2D eigenvalue weighted by Crippen LogP contribution is 1.94. The molecule has 0 saturated carbocycles. The second kappa shape index (κ2) is 6.62. The predicted octanol–water partition coefficient (Wildman–Crippen LogP) is 2.08. The minimum Gasteiger partial charge on any atom is -0.466 e. The molecule has 0 spiro atoms. The predicted molar refractivity (Wildman–Crippen MR) is 40.9 cm³/mol. The highest BCUT2D eigenvalue weighted by Gasteiger charge is 1.96. The van der Waals surface area contributed by atoms with Crippen molar-refractivity contribution in [1.82, 2.24) is 0 Å². The Labute approximate surface area is 65.8 Å². The molecule has 2 nitrogen and oxygen atoms in total. The number of esters is 1. The third-order valence-electron chi connectivity index (χ3n) is 0.910. The van der Waals surface area contributed by atoms with Crippen molar-refractivity contribution in [2.75, 3.05) is 6.61 Å². The van der Waals surface area contributed by atoms with Gasteiger partial charge in [0.1, 0.15) is 0 Å². The fraction of sp³-hybridized carbons (Fsp3) is 0.571. The van der Waals surface area contributed by atoms with E-state index in [1.54, 1.807) is 13.0 Å². The molecule has 0 radical (unpaired) electrons. The molecule has 0 rings (SSSR count). The van der Waals surface area contributed by atoms with E-state index in [2.05, 4.69) is 4.74 Å². The minimum atomic E-state index is -0.169. The number of halogens is 1. The zero-order valence-electron chi connectivity index (χ0n) is 5.97. The molecule has 0 aromatic heterocycles. The second-order valence-corrected chi connectivity index (χ2v) is 1.96. The maximum absolute atomic E-state index is 10.6. The number of carbonyl (C=O) groups is 1. The Morgan fingerprint density at radius 1 is 1.70 bits per heavy atom. The minimum absolute atomic E-state index is 0.169. The summed E-state index contributed by atoms with van der Waals surface area (Å²) in [5, 5.41) is 0. The van der Waals surface area contributed by atoms with Crippen molar-refractivity contribution < 1.29 is 9.53 Å². The van der Waals surface area contributed by atoms with Crippen LogP contribution < -0.4 is 0 Å². The van der Waals surface area contributed by atoms with Crippen molar-refractivity contribution >= 4 is 17.6 Å². The van der Waals surface area contributed by atoms with E-state index in [4.69, 9.17) is 11.6 Å². The summed E-state index contributed by atoms with van der Waals surface area (Å²) >= 11 is 5.23. The molecule has 0 saturated heterocycles. The van der Waals surface area contributed by atoms with E-state index < -0.39 is 0 Å². The van der Waals surface area contributed by atoms with Gasteiger partial charge in [-0.15, -0.1) is 0 Å². The van der Waals surface area contributed by atoms with Gasteiger partial charge in [-0.3, -0.25) is 4.79 Å². The summed E-state index contributed by atoms with van der Waals surface area (Å²) in [5.41, 5.74) is 1.40. The molecular formula is C7H11ClO2. The van der Waals surface area contributed by atoms with E-state index in [1.165, 1.54) is 5.54 Å². The van der Waals surface area contributed by atoms with E-state index >= 15 is 0 Å². The maximum Gasteiger partial charge on any atom is 0.306 e. The van der Waals surface area contributed by atoms with Crippen molar-refractivity contribution in [3.05, 3.63) is 11.6 Å². The molecule has 0 fully saturated rings. The Bertz CT molecular complexity index is 121. The molecule has 0 aromatic carbocycles. The summed E-state index contributed by atoms with van der Waals surface area (Å²) in [4.78, 5) is 10.6. The number of carbonyl (C=O) groups excluding carboxylic acids is 1. The zero-order chi connectivity index (χ0) is 7.82. The van der Waals surface area contributed by atoms with E-state index in [0.717, 1.165) is 0 Å². The van der Waals surface area contributed by atoms with Gasteiger partial charge in [-0.25, -0.2) is 0 Å². The van der Waals surface area contributed by atoms with Gasteiger partial charge in [0.05, 0.1) is 6.61 Å². The molecule has 0 amide bonds. The molecule has 0 aliphatic carbocycles. The van der Waals surface area contributed by atoms with Crippen molar-refractivity contribution in [3.63, 3.8) is 0 Å². The van der Waals surface area contributed by atoms with Crippen molar-refractivity contribution in [2.24, 2.45) is 0 Å². The van der Waals surface area contributed by atoms with E-state index in [0.29, 0.717) is 19.4 Å². The largest absolute Gasteiger partial charge is 0.466 e. The lowest BCUT2D eigenvalue weighted by Crippen LogP contribution is -2.02. The van der Waals surface area contributed by atoms with Crippen LogP contribution in [0.15, 0.2) is 11.6 Å². The second-order valence-electron chi connectivity index (χ2n) is 1.71. The van der Waals surface area contributed by atoms with Crippen LogP contribution in [0.2, 0.25) is 0 Å². The SMILES string of the molecule is CCOC(=O)CC/C=C\Cl. The van der Waals surface area contributed by atoms with Gasteiger partial charge < -0.3 is 4.74 Å². The Morgan fingerprint density at radius 3 is 2.90 bits per heavy atom. The monoisotopic (exact) mass is 162 g/mol. The Kier molecular flexibility index (Phi) is 6.29. The lowest BCUT2D eigenvalue weighted by Gasteiger charge is -1.97. The molecule has 58 valence electrons. The third kappa shape index (κ3) is 5.63. The molecule has 0 aromatic rings. The van der Waals surface area contributed by atoms with Crippen LogP contribution in [0.25, 0.3) is 0 Å². The van der Waals surface area contributed by atoms with Crippen molar-refractivity contribution in [2.45, 2.75) is 19.8 Å². The molecule has 3 heteroatoms. The molecule has 10 heavy (non-hydrogen) atoms. The van der Waals surface area contributed by atoms with Gasteiger partial charge in [0, 0.05) is 12.0 Å². The summed E-state index contributed by atoms with van der Waals surface area (Å²) < 4.78 is 4.67. The average molecular weight is 163 g/mol. The van der Waals surface area contributed by atoms with Crippen LogP contribution in [-0.4, -0.2) is 12.6 Å². The van der Waals surface area contributed by atoms with E-state index in [9.17, 15) is 4.79 Å². The van der Waals surface area contributed by atoms with Crippen LogP contribution in [0.4, 0.5) is 0 Å². The van der Waals surface area contributed by atoms with Gasteiger partial charge >= 0.3 is 5.97 Å². The standard InChI is InChI=1S/C7H11ClO2/c1-2-10-7(9)5-3-4-6-8/h4,6H,2-3,5H2,1H3/b6-4-. The third-order valence-corrected chi connectivity index (χ3v) is 1.09. The number of allylic oxidation sites excluding steroid dienone is 1. The van der Waals surface area contributed by atoms with Gasteiger partial charge in [-0.2, -0.15) is 0 Å². The normalized spacial score (nSPS) is 10.2. The zero-order valence-corrected chi connectivity index (χ0v) is 6.73. The molecular weight excluding hydrogens is 152 g/mol. The molecule has 0 bridgehead atoms. The van der Waals surface area contributed by atoms with E-state index in [1.807, 2.05) is 0 Å². The fourth-order valence-electron chi connectivity index (χ4n) is 0.497. The smallest absolute Gasteiger partial charge is 0.306 e. The van der Waals surface area contributed by atoms with Crippen LogP contribution in [0.3, 0.4) is 0 Å². The van der Waals surface area contributed by atoms with Crippen LogP contribution in [0.5, 0.6) is 0 Å². The van der Waals surface area contributed by atoms with Crippen LogP contribution in [0.1, 0.15) is 19.8 Å². The van der Waals surface area contributed by atoms with Crippen molar-refractivity contribution in [1.29, 1.82) is 0 Å². The summed E-state index contributed by atoms with van der Waals surface area (Å²) in [6.45, 7) is 2.23. The first-order valence-corrected chi connectivity index (χ1v) is 3.65. The molecule has 0 unspecified atom stereocenters. The summed E-state index contributed by atoms with van der Waals surface area (Å²) in [6, 6.07) is 0. The van der Waals surface area contributed by atoms with Gasteiger partial charge in [-0.05, 0) is 13.3 Å². The van der Waals surface area contributed by atoms with Crippen LogP contribution in [-0.2, 0) is 9.53 Å². The van der Waals surface area contributed by atoms with Crippen LogP contribution >= 0.6 is 11.6 Å². The van der Waals surface area contributed by atoms with Gasteiger partial charge in [-0.1, -0.05) is 17.7 Å². The molecule has 0 atom stereocenters. The summed E-state index contributed by atoms with van der Waals surface area (Å²) in [5.74, 6) is -0.169. The Hall–Kier alpha value is -0.500. The van der Waals surface area contributed by atoms with Crippen LogP contribution in [0, 0.1) is 0 Å². The first-order valence-electron chi connectivity index (χ1n) is 3.22. The fourth-order valence-corrected chi connectivity index (χ4v) is 0.623. The molecule has 0 aliphatic heterocycles. The highest BCUT2D eigenvalue weighted by molar-refractivity contribution is 6.25. The highest BCUT2D eigenvalue weighted by atomic mass is 35.5.